The molecule has 148 valence electrons. The van der Waals surface area contributed by atoms with E-state index in [4.69, 9.17) is 20.8 Å². The molecule has 0 saturated carbocycles. The molecule has 1 N–H and O–H groups in total. The van der Waals surface area contributed by atoms with E-state index in [2.05, 4.69) is 39.6 Å². The van der Waals surface area contributed by atoms with Crippen molar-refractivity contribution < 1.29 is 9.15 Å². The van der Waals surface area contributed by atoms with E-state index in [0.29, 0.717) is 27.6 Å². The van der Waals surface area contributed by atoms with Crippen LogP contribution in [0.5, 0.6) is 5.75 Å². The molecule has 0 bridgehead atoms. The second-order valence-electron chi connectivity index (χ2n) is 6.13. The molecule has 0 atom stereocenters. The highest BCUT2D eigenvalue weighted by Gasteiger charge is 2.10. The molecule has 0 unspecified atom stereocenters. The summed E-state index contributed by atoms with van der Waals surface area (Å²) in [7, 11) is 0. The van der Waals surface area contributed by atoms with Crippen molar-refractivity contribution in [2.24, 2.45) is 0 Å². The van der Waals surface area contributed by atoms with E-state index in [9.17, 15) is 0 Å². The number of thioether (sulfide) groups is 1. The van der Waals surface area contributed by atoms with E-state index in [1.54, 1.807) is 35.6 Å². The van der Waals surface area contributed by atoms with Crippen LogP contribution in [0.2, 0.25) is 5.02 Å². The van der Waals surface area contributed by atoms with Gasteiger partial charge in [0.15, 0.2) is 11.7 Å². The smallest absolute Gasteiger partial charge is 0.277 e. The fourth-order valence-corrected chi connectivity index (χ4v) is 3.99. The summed E-state index contributed by atoms with van der Waals surface area (Å²) in [6.07, 6.45) is 0. The number of nitrogens with zero attached hydrogens (tertiary/aromatic N) is 3. The number of nitrogens with one attached hydrogen (secondary N) is 1. The van der Waals surface area contributed by atoms with Crippen molar-refractivity contribution in [2.75, 3.05) is 5.32 Å². The van der Waals surface area contributed by atoms with Crippen LogP contribution in [0.3, 0.4) is 0 Å². The lowest BCUT2D eigenvalue weighted by Gasteiger charge is -2.02. The monoisotopic (exact) mass is 444 g/mol. The topological polar surface area (TPSA) is 73.1 Å². The minimum absolute atomic E-state index is 0.205. The predicted octanol–water partition coefficient (Wildman–Crippen LogP) is 6.10. The number of hydrogen-bond donors (Lipinski definition) is 1. The third kappa shape index (κ3) is 5.72. The molecule has 0 aliphatic carbocycles. The first-order valence-electron chi connectivity index (χ1n) is 8.76. The Balaban J connectivity index is 1.27. The molecule has 9 heteroatoms. The van der Waals surface area contributed by atoms with E-state index >= 15 is 0 Å². The molecule has 2 aromatic heterocycles. The van der Waals surface area contributed by atoms with Crippen molar-refractivity contribution in [3.05, 3.63) is 76.1 Å². The zero-order chi connectivity index (χ0) is 20.1. The minimum atomic E-state index is 0.205. The van der Waals surface area contributed by atoms with Crippen LogP contribution in [0.25, 0.3) is 0 Å². The van der Waals surface area contributed by atoms with Gasteiger partial charge in [0.2, 0.25) is 0 Å². The van der Waals surface area contributed by atoms with E-state index in [1.165, 1.54) is 17.3 Å². The molecule has 0 aliphatic rings. The maximum atomic E-state index is 5.86. The molecule has 0 amide bonds. The van der Waals surface area contributed by atoms with E-state index in [-0.39, 0.29) is 6.61 Å². The van der Waals surface area contributed by atoms with Crippen LogP contribution in [-0.4, -0.2) is 15.2 Å². The first-order valence-corrected chi connectivity index (χ1v) is 11.0. The SMILES string of the molecule is Cc1ccc(Nc2nc(CSc3nnc(COc4ccc(Cl)cc4)o3)cs2)cc1. The van der Waals surface area contributed by atoms with Crippen LogP contribution >= 0.6 is 34.7 Å². The largest absolute Gasteiger partial charge is 0.484 e. The Bertz CT molecular complexity index is 1060. The molecule has 2 heterocycles. The molecule has 0 aliphatic heterocycles. The molecule has 0 radical (unpaired) electrons. The zero-order valence-electron chi connectivity index (χ0n) is 15.5. The van der Waals surface area contributed by atoms with Gasteiger partial charge in [-0.25, -0.2) is 4.98 Å². The number of ether oxygens (including phenoxy) is 1. The summed E-state index contributed by atoms with van der Waals surface area (Å²) in [6, 6.07) is 15.3. The van der Waals surface area contributed by atoms with Crippen LogP contribution in [0.4, 0.5) is 10.8 Å². The summed E-state index contributed by atoms with van der Waals surface area (Å²) < 4.78 is 11.2. The Kier molecular flexibility index (Phi) is 6.33. The van der Waals surface area contributed by atoms with Crippen LogP contribution in [0, 0.1) is 6.92 Å². The van der Waals surface area contributed by atoms with Crippen molar-refractivity contribution in [3.63, 3.8) is 0 Å². The highest BCUT2D eigenvalue weighted by atomic mass is 35.5. The van der Waals surface area contributed by atoms with E-state index < -0.39 is 0 Å². The lowest BCUT2D eigenvalue weighted by Crippen LogP contribution is -1.95. The number of aryl methyl sites for hydroxylation is 1. The van der Waals surface area contributed by atoms with Crippen molar-refractivity contribution >= 4 is 45.5 Å². The van der Waals surface area contributed by atoms with E-state index in [1.807, 2.05) is 17.5 Å². The van der Waals surface area contributed by atoms with Gasteiger partial charge in [-0.3, -0.25) is 0 Å². The zero-order valence-corrected chi connectivity index (χ0v) is 17.9. The number of benzene rings is 2. The van der Waals surface area contributed by atoms with Crippen LogP contribution in [-0.2, 0) is 12.4 Å². The highest BCUT2D eigenvalue weighted by Crippen LogP contribution is 2.26. The second kappa shape index (κ2) is 9.30. The van der Waals surface area contributed by atoms with Gasteiger partial charge < -0.3 is 14.5 Å². The lowest BCUT2D eigenvalue weighted by atomic mass is 10.2. The summed E-state index contributed by atoms with van der Waals surface area (Å²) >= 11 is 8.86. The predicted molar refractivity (Wildman–Crippen MR) is 116 cm³/mol. The third-order valence-corrected chi connectivity index (χ3v) is 5.73. The summed E-state index contributed by atoms with van der Waals surface area (Å²) in [6.45, 7) is 2.27. The Morgan fingerprint density at radius 2 is 1.90 bits per heavy atom. The molecule has 4 rings (SSSR count). The lowest BCUT2D eigenvalue weighted by molar-refractivity contribution is 0.252. The Morgan fingerprint density at radius 1 is 1.10 bits per heavy atom. The van der Waals surface area contributed by atoms with Crippen molar-refractivity contribution in [2.45, 2.75) is 24.5 Å². The number of halogens is 1. The molecule has 0 saturated heterocycles. The molecule has 29 heavy (non-hydrogen) atoms. The first kappa shape index (κ1) is 19.8. The quantitative estimate of drug-likeness (QED) is 0.329. The average molecular weight is 445 g/mol. The number of anilines is 2. The number of hydrogen-bond acceptors (Lipinski definition) is 8. The summed E-state index contributed by atoms with van der Waals surface area (Å²) in [5, 5.41) is 15.4. The molecule has 2 aromatic carbocycles. The van der Waals surface area contributed by atoms with Gasteiger partial charge in [-0.2, -0.15) is 0 Å². The number of aromatic nitrogens is 3. The van der Waals surface area contributed by atoms with Gasteiger partial charge in [0.05, 0.1) is 5.69 Å². The molecular formula is C20H17ClN4O2S2. The fraction of sp³-hybridized carbons (Fsp3) is 0.150. The van der Waals surface area contributed by atoms with Gasteiger partial charge in [-0.1, -0.05) is 41.1 Å². The molecule has 6 nitrogen and oxygen atoms in total. The normalized spacial score (nSPS) is 10.8. The van der Waals surface area contributed by atoms with Crippen molar-refractivity contribution in [1.82, 2.24) is 15.2 Å². The summed E-state index contributed by atoms with van der Waals surface area (Å²) in [4.78, 5) is 4.59. The van der Waals surface area contributed by atoms with Crippen molar-refractivity contribution in [3.8, 4) is 5.75 Å². The molecular weight excluding hydrogens is 428 g/mol. The summed E-state index contributed by atoms with van der Waals surface area (Å²) in [5.74, 6) is 1.76. The minimum Gasteiger partial charge on any atom is -0.484 e. The van der Waals surface area contributed by atoms with Gasteiger partial charge in [0, 0.05) is 21.8 Å². The standard InChI is InChI=1S/C20H17ClN4O2S2/c1-13-2-6-15(7-3-13)22-19-23-16(11-28-19)12-29-20-25-24-18(27-20)10-26-17-8-4-14(21)5-9-17/h2-9,11H,10,12H2,1H3,(H,22,23). The molecule has 0 fully saturated rings. The Hall–Kier alpha value is -2.55. The van der Waals surface area contributed by atoms with Crippen LogP contribution in [0.1, 0.15) is 17.1 Å². The summed E-state index contributed by atoms with van der Waals surface area (Å²) in [5.41, 5.74) is 3.20. The highest BCUT2D eigenvalue weighted by molar-refractivity contribution is 7.98. The maximum Gasteiger partial charge on any atom is 0.277 e. The fourth-order valence-electron chi connectivity index (χ4n) is 2.36. The van der Waals surface area contributed by atoms with Gasteiger partial charge >= 0.3 is 0 Å². The third-order valence-electron chi connectivity index (χ3n) is 3.82. The first-order chi connectivity index (χ1) is 14.1. The Labute approximate surface area is 181 Å². The van der Waals surface area contributed by atoms with Crippen LogP contribution < -0.4 is 10.1 Å². The Morgan fingerprint density at radius 3 is 2.69 bits per heavy atom. The number of thiazole rings is 1. The van der Waals surface area contributed by atoms with Crippen LogP contribution in [0.15, 0.2) is 63.6 Å². The second-order valence-corrected chi connectivity index (χ2v) is 8.35. The van der Waals surface area contributed by atoms with Crippen molar-refractivity contribution in [1.29, 1.82) is 0 Å². The van der Waals surface area contributed by atoms with Gasteiger partial charge in [0.1, 0.15) is 5.75 Å². The van der Waals surface area contributed by atoms with Gasteiger partial charge in [-0.05, 0) is 43.3 Å². The van der Waals surface area contributed by atoms with E-state index in [0.717, 1.165) is 16.5 Å². The average Bonchev–Trinajstić information content (AvgIpc) is 3.37. The molecule has 4 aromatic rings. The van der Waals surface area contributed by atoms with Gasteiger partial charge in [-0.15, -0.1) is 21.5 Å². The maximum absolute atomic E-state index is 5.86. The van der Waals surface area contributed by atoms with Gasteiger partial charge in [0.25, 0.3) is 11.1 Å². The number of rotatable bonds is 8. The molecule has 0 spiro atoms.